The predicted molar refractivity (Wildman–Crippen MR) is 84.5 cm³/mol. The van der Waals surface area contributed by atoms with Gasteiger partial charge in [-0.1, -0.05) is 5.16 Å². The monoisotopic (exact) mass is 331 g/mol. The van der Waals surface area contributed by atoms with Gasteiger partial charge in [-0.05, 0) is 6.92 Å². The molecule has 128 valence electrons. The van der Waals surface area contributed by atoms with Gasteiger partial charge in [0.1, 0.15) is 12.0 Å². The molecular weight excluding hydrogens is 310 g/mol. The van der Waals surface area contributed by atoms with Crippen molar-refractivity contribution < 1.29 is 14.1 Å². The SMILES string of the molecule is Cc1c([C@@H]2[C@@H](C(=O)N(C)Cc3ccon3)CC(=O)N2C)cnn1C. The zero-order valence-corrected chi connectivity index (χ0v) is 14.3. The van der Waals surface area contributed by atoms with E-state index >= 15 is 0 Å². The lowest BCUT2D eigenvalue weighted by atomic mass is 9.93. The molecule has 0 N–H and O–H groups in total. The maximum atomic E-state index is 12.9. The zero-order chi connectivity index (χ0) is 17.4. The quantitative estimate of drug-likeness (QED) is 0.831. The molecule has 1 aliphatic heterocycles. The summed E-state index contributed by atoms with van der Waals surface area (Å²) in [6.45, 7) is 2.29. The smallest absolute Gasteiger partial charge is 0.228 e. The summed E-state index contributed by atoms with van der Waals surface area (Å²) >= 11 is 0. The van der Waals surface area contributed by atoms with Gasteiger partial charge in [0.15, 0.2) is 0 Å². The first-order valence-corrected chi connectivity index (χ1v) is 7.78. The van der Waals surface area contributed by atoms with E-state index in [0.29, 0.717) is 12.2 Å². The fourth-order valence-corrected chi connectivity index (χ4v) is 3.25. The molecule has 2 aromatic rings. The van der Waals surface area contributed by atoms with Crippen molar-refractivity contribution in [3.05, 3.63) is 35.5 Å². The fraction of sp³-hybridized carbons (Fsp3) is 0.500. The Labute approximate surface area is 140 Å². The van der Waals surface area contributed by atoms with Gasteiger partial charge in [-0.25, -0.2) is 0 Å². The van der Waals surface area contributed by atoms with Crippen molar-refractivity contribution in [2.75, 3.05) is 14.1 Å². The van der Waals surface area contributed by atoms with E-state index in [9.17, 15) is 9.59 Å². The molecule has 0 unspecified atom stereocenters. The van der Waals surface area contributed by atoms with Crippen molar-refractivity contribution in [2.45, 2.75) is 25.9 Å². The first-order chi connectivity index (χ1) is 11.4. The summed E-state index contributed by atoms with van der Waals surface area (Å²) in [7, 11) is 5.31. The van der Waals surface area contributed by atoms with Crippen molar-refractivity contribution in [3.8, 4) is 0 Å². The van der Waals surface area contributed by atoms with Gasteiger partial charge in [0.2, 0.25) is 11.8 Å². The average molecular weight is 331 g/mol. The summed E-state index contributed by atoms with van der Waals surface area (Å²) in [6, 6.07) is 1.43. The molecule has 2 atom stereocenters. The summed E-state index contributed by atoms with van der Waals surface area (Å²) in [5, 5.41) is 8.08. The van der Waals surface area contributed by atoms with E-state index in [1.807, 2.05) is 14.0 Å². The van der Waals surface area contributed by atoms with Gasteiger partial charge in [0.25, 0.3) is 0 Å². The van der Waals surface area contributed by atoms with Crippen molar-refractivity contribution >= 4 is 11.8 Å². The van der Waals surface area contributed by atoms with Gasteiger partial charge in [-0.2, -0.15) is 5.10 Å². The third kappa shape index (κ3) is 2.68. The van der Waals surface area contributed by atoms with E-state index in [0.717, 1.165) is 11.3 Å². The van der Waals surface area contributed by atoms with E-state index < -0.39 is 5.92 Å². The number of hydrogen-bond donors (Lipinski definition) is 0. The molecule has 2 aromatic heterocycles. The normalized spacial score (nSPS) is 20.7. The Morgan fingerprint density at radius 3 is 2.79 bits per heavy atom. The molecule has 0 aromatic carbocycles. The largest absolute Gasteiger partial charge is 0.364 e. The van der Waals surface area contributed by atoms with Gasteiger partial charge >= 0.3 is 0 Å². The van der Waals surface area contributed by atoms with E-state index in [1.54, 1.807) is 40.8 Å². The maximum Gasteiger partial charge on any atom is 0.228 e. The molecule has 3 rings (SSSR count). The molecule has 1 saturated heterocycles. The van der Waals surface area contributed by atoms with Crippen LogP contribution in [0.4, 0.5) is 0 Å². The first kappa shape index (κ1) is 16.2. The highest BCUT2D eigenvalue weighted by Gasteiger charge is 2.44. The van der Waals surface area contributed by atoms with Crippen LogP contribution in [0.1, 0.15) is 29.4 Å². The summed E-state index contributed by atoms with van der Waals surface area (Å²) in [4.78, 5) is 28.4. The lowest BCUT2D eigenvalue weighted by Gasteiger charge is -2.27. The number of carbonyl (C=O) groups is 2. The third-order valence-electron chi connectivity index (χ3n) is 4.76. The van der Waals surface area contributed by atoms with Crippen molar-refractivity contribution in [1.82, 2.24) is 24.7 Å². The topological polar surface area (TPSA) is 84.5 Å². The number of likely N-dealkylation sites (tertiary alicyclic amines) is 1. The Morgan fingerprint density at radius 2 is 2.21 bits per heavy atom. The maximum absolute atomic E-state index is 12.9. The molecule has 0 aliphatic carbocycles. The van der Waals surface area contributed by atoms with Gasteiger partial charge in [-0.3, -0.25) is 14.3 Å². The molecule has 8 heteroatoms. The Hall–Kier alpha value is -2.64. The molecule has 0 bridgehead atoms. The number of amides is 2. The van der Waals surface area contributed by atoms with Crippen molar-refractivity contribution in [3.63, 3.8) is 0 Å². The molecule has 3 heterocycles. The van der Waals surface area contributed by atoms with Crippen LogP contribution in [-0.4, -0.2) is 50.6 Å². The molecule has 0 spiro atoms. The Morgan fingerprint density at radius 1 is 1.46 bits per heavy atom. The van der Waals surface area contributed by atoms with Gasteiger partial charge in [0, 0.05) is 44.9 Å². The van der Waals surface area contributed by atoms with Gasteiger partial charge in [-0.15, -0.1) is 0 Å². The second-order valence-electron chi connectivity index (χ2n) is 6.25. The Kier molecular flexibility index (Phi) is 4.13. The highest BCUT2D eigenvalue weighted by atomic mass is 16.5. The highest BCUT2D eigenvalue weighted by molar-refractivity contribution is 5.90. The second kappa shape index (κ2) is 6.10. The number of nitrogens with zero attached hydrogens (tertiary/aromatic N) is 5. The van der Waals surface area contributed by atoms with Crippen LogP contribution in [0, 0.1) is 12.8 Å². The van der Waals surface area contributed by atoms with E-state index in [1.165, 1.54) is 6.26 Å². The molecule has 2 amide bonds. The van der Waals surface area contributed by atoms with Crippen molar-refractivity contribution in [2.24, 2.45) is 13.0 Å². The van der Waals surface area contributed by atoms with Crippen LogP contribution < -0.4 is 0 Å². The van der Waals surface area contributed by atoms with Crippen LogP contribution >= 0.6 is 0 Å². The summed E-state index contributed by atoms with van der Waals surface area (Å²) in [6.07, 6.45) is 3.42. The molecule has 0 saturated carbocycles. The van der Waals surface area contributed by atoms with E-state index in [2.05, 4.69) is 10.3 Å². The van der Waals surface area contributed by atoms with Crippen LogP contribution in [0.5, 0.6) is 0 Å². The van der Waals surface area contributed by atoms with Crippen LogP contribution in [-0.2, 0) is 23.2 Å². The van der Waals surface area contributed by atoms with E-state index in [4.69, 9.17) is 4.52 Å². The molecule has 1 fully saturated rings. The molecule has 1 aliphatic rings. The average Bonchev–Trinajstić information content (AvgIpc) is 3.24. The summed E-state index contributed by atoms with van der Waals surface area (Å²) in [5.41, 5.74) is 2.55. The first-order valence-electron chi connectivity index (χ1n) is 7.78. The Balaban J connectivity index is 1.85. The van der Waals surface area contributed by atoms with E-state index in [-0.39, 0.29) is 24.3 Å². The molecular formula is C16H21N5O3. The molecule has 8 nitrogen and oxygen atoms in total. The van der Waals surface area contributed by atoms with Crippen molar-refractivity contribution in [1.29, 1.82) is 0 Å². The minimum Gasteiger partial charge on any atom is -0.364 e. The Bertz CT molecular complexity index is 752. The predicted octanol–water partition coefficient (Wildman–Crippen LogP) is 0.895. The lowest BCUT2D eigenvalue weighted by molar-refractivity contribution is -0.135. The molecule has 24 heavy (non-hydrogen) atoms. The zero-order valence-electron chi connectivity index (χ0n) is 14.3. The number of aromatic nitrogens is 3. The van der Waals surface area contributed by atoms with Crippen LogP contribution in [0.2, 0.25) is 0 Å². The minimum absolute atomic E-state index is 0.0311. The summed E-state index contributed by atoms with van der Waals surface area (Å²) < 4.78 is 6.56. The van der Waals surface area contributed by atoms with Gasteiger partial charge in [0.05, 0.1) is 24.7 Å². The number of carbonyl (C=O) groups excluding carboxylic acids is 2. The minimum atomic E-state index is -0.428. The summed E-state index contributed by atoms with van der Waals surface area (Å²) in [5.74, 6) is -0.539. The number of rotatable bonds is 4. The number of aryl methyl sites for hydroxylation is 1. The molecule has 0 radical (unpaired) electrons. The standard InChI is InChI=1S/C16H21N5O3/c1-10-13(8-17-21(10)4)15-12(7-14(22)20(15)3)16(23)19(2)9-11-5-6-24-18-11/h5-6,8,12,15H,7,9H2,1-4H3/t12-,15-/m0/s1. The second-order valence-corrected chi connectivity index (χ2v) is 6.25. The van der Waals surface area contributed by atoms with Crippen LogP contribution in [0.25, 0.3) is 0 Å². The third-order valence-corrected chi connectivity index (χ3v) is 4.76. The lowest BCUT2D eigenvalue weighted by Crippen LogP contribution is -2.36. The van der Waals surface area contributed by atoms with Crippen LogP contribution in [0.15, 0.2) is 23.0 Å². The van der Waals surface area contributed by atoms with Crippen LogP contribution in [0.3, 0.4) is 0 Å². The fourth-order valence-electron chi connectivity index (χ4n) is 3.25. The number of hydrogen-bond acceptors (Lipinski definition) is 5. The highest BCUT2D eigenvalue weighted by Crippen LogP contribution is 2.39. The van der Waals surface area contributed by atoms with Gasteiger partial charge < -0.3 is 14.3 Å².